The zero-order valence-corrected chi connectivity index (χ0v) is 11.3. The lowest BCUT2D eigenvalue weighted by Crippen LogP contribution is -2.29. The third-order valence-corrected chi connectivity index (χ3v) is 3.83. The van der Waals surface area contributed by atoms with Crippen molar-refractivity contribution >= 4 is 27.3 Å². The first-order valence-electron chi connectivity index (χ1n) is 5.04. The molecule has 2 aromatic rings. The van der Waals surface area contributed by atoms with Gasteiger partial charge in [0.1, 0.15) is 12.7 Å². The first kappa shape index (κ1) is 11.8. The molecule has 2 heterocycles. The van der Waals surface area contributed by atoms with Crippen LogP contribution in [0.4, 0.5) is 0 Å². The van der Waals surface area contributed by atoms with E-state index in [1.165, 1.54) is 8.66 Å². The molecule has 0 aliphatic heterocycles. The summed E-state index contributed by atoms with van der Waals surface area (Å²) in [6.07, 6.45) is 3.47. The quantitative estimate of drug-likeness (QED) is 0.921. The minimum absolute atomic E-state index is 0.400. The van der Waals surface area contributed by atoms with Crippen LogP contribution in [0.1, 0.15) is 11.8 Å². The first-order chi connectivity index (χ1) is 7.74. The summed E-state index contributed by atoms with van der Waals surface area (Å²) in [5, 5.41) is 11.0. The van der Waals surface area contributed by atoms with Gasteiger partial charge in [-0.25, -0.2) is 0 Å². The smallest absolute Gasteiger partial charge is 0.119 e. The Labute approximate surface area is 107 Å². The summed E-state index contributed by atoms with van der Waals surface area (Å²) in [7, 11) is 0. The fourth-order valence-corrected chi connectivity index (χ4v) is 2.85. The topological polar surface area (TPSA) is 42.7 Å². The molecule has 6 heteroatoms. The van der Waals surface area contributed by atoms with Gasteiger partial charge in [-0.3, -0.25) is 0 Å². The molecule has 1 unspecified atom stereocenters. The molecule has 0 bridgehead atoms. The van der Waals surface area contributed by atoms with Crippen LogP contribution in [0.25, 0.3) is 0 Å². The highest BCUT2D eigenvalue weighted by Crippen LogP contribution is 2.21. The van der Waals surface area contributed by atoms with Crippen molar-refractivity contribution in [2.45, 2.75) is 26.1 Å². The predicted molar refractivity (Wildman–Crippen MR) is 68.3 cm³/mol. The number of hydrogen-bond acceptors (Lipinski definition) is 4. The average Bonchev–Trinajstić information content (AvgIpc) is 2.87. The van der Waals surface area contributed by atoms with E-state index in [1.807, 2.05) is 4.57 Å². The van der Waals surface area contributed by atoms with Crippen LogP contribution in [-0.2, 0) is 13.1 Å². The number of nitrogens with one attached hydrogen (secondary N) is 1. The molecule has 0 fully saturated rings. The largest absolute Gasteiger partial charge is 0.319 e. The Kier molecular flexibility index (Phi) is 4.09. The van der Waals surface area contributed by atoms with E-state index in [0.29, 0.717) is 6.04 Å². The lowest BCUT2D eigenvalue weighted by molar-refractivity contribution is 0.477. The molecule has 2 aromatic heterocycles. The molecule has 16 heavy (non-hydrogen) atoms. The fraction of sp³-hybridized carbons (Fsp3) is 0.400. The Morgan fingerprint density at radius 2 is 2.19 bits per heavy atom. The van der Waals surface area contributed by atoms with E-state index in [9.17, 15) is 0 Å². The second-order valence-corrected chi connectivity index (χ2v) is 6.19. The van der Waals surface area contributed by atoms with Crippen LogP contribution >= 0.6 is 27.3 Å². The predicted octanol–water partition coefficient (Wildman–Crippen LogP) is 2.28. The summed E-state index contributed by atoms with van der Waals surface area (Å²) in [6.45, 7) is 3.95. The van der Waals surface area contributed by atoms with E-state index < -0.39 is 0 Å². The maximum absolute atomic E-state index is 3.78. The Bertz CT molecular complexity index is 426. The van der Waals surface area contributed by atoms with Crippen LogP contribution in [0.2, 0.25) is 0 Å². The Morgan fingerprint density at radius 3 is 2.81 bits per heavy atom. The van der Waals surface area contributed by atoms with E-state index in [0.717, 1.165) is 13.1 Å². The Morgan fingerprint density at radius 1 is 1.44 bits per heavy atom. The molecule has 0 saturated carbocycles. The zero-order valence-electron chi connectivity index (χ0n) is 8.93. The summed E-state index contributed by atoms with van der Waals surface area (Å²) >= 11 is 5.22. The van der Waals surface area contributed by atoms with Gasteiger partial charge in [0.05, 0.1) is 3.79 Å². The van der Waals surface area contributed by atoms with Gasteiger partial charge >= 0.3 is 0 Å². The minimum Gasteiger partial charge on any atom is -0.319 e. The summed E-state index contributed by atoms with van der Waals surface area (Å²) in [6, 6.07) is 4.61. The number of rotatable bonds is 5. The molecule has 1 atom stereocenters. The standard InChI is InChI=1S/C10H13BrN4S/c1-8(5-15-6-13-14-7-15)12-4-9-2-3-10(11)16-9/h2-3,6-8,12H,4-5H2,1H3. The van der Waals surface area contributed by atoms with Crippen molar-refractivity contribution in [3.63, 3.8) is 0 Å². The molecular weight excluding hydrogens is 288 g/mol. The summed E-state index contributed by atoms with van der Waals surface area (Å²) in [4.78, 5) is 1.34. The zero-order chi connectivity index (χ0) is 11.4. The first-order valence-corrected chi connectivity index (χ1v) is 6.65. The molecule has 0 saturated heterocycles. The van der Waals surface area contributed by atoms with Gasteiger partial charge in [-0.05, 0) is 35.0 Å². The molecule has 0 aromatic carbocycles. The Balaban J connectivity index is 1.77. The van der Waals surface area contributed by atoms with Gasteiger partial charge in [-0.2, -0.15) is 0 Å². The van der Waals surface area contributed by atoms with Gasteiger partial charge in [0.2, 0.25) is 0 Å². The molecule has 0 radical (unpaired) electrons. The second-order valence-electron chi connectivity index (χ2n) is 3.65. The van der Waals surface area contributed by atoms with Gasteiger partial charge in [0.25, 0.3) is 0 Å². The van der Waals surface area contributed by atoms with Crippen molar-refractivity contribution in [3.8, 4) is 0 Å². The molecule has 0 amide bonds. The van der Waals surface area contributed by atoms with Crippen molar-refractivity contribution in [1.29, 1.82) is 0 Å². The van der Waals surface area contributed by atoms with Crippen molar-refractivity contribution in [2.24, 2.45) is 0 Å². The number of nitrogens with zero attached hydrogens (tertiary/aromatic N) is 3. The lowest BCUT2D eigenvalue weighted by atomic mass is 10.3. The molecule has 0 spiro atoms. The third-order valence-electron chi connectivity index (χ3n) is 2.20. The molecule has 4 nitrogen and oxygen atoms in total. The van der Waals surface area contributed by atoms with Crippen molar-refractivity contribution < 1.29 is 0 Å². The highest BCUT2D eigenvalue weighted by Gasteiger charge is 2.03. The van der Waals surface area contributed by atoms with Crippen LogP contribution < -0.4 is 5.32 Å². The van der Waals surface area contributed by atoms with E-state index >= 15 is 0 Å². The number of hydrogen-bond donors (Lipinski definition) is 1. The van der Waals surface area contributed by atoms with E-state index in [2.05, 4.69) is 50.5 Å². The van der Waals surface area contributed by atoms with Crippen LogP contribution in [0.15, 0.2) is 28.6 Å². The molecule has 0 aliphatic rings. The third kappa shape index (κ3) is 3.40. The van der Waals surface area contributed by atoms with Gasteiger partial charge in [-0.15, -0.1) is 21.5 Å². The van der Waals surface area contributed by atoms with Crippen molar-refractivity contribution in [2.75, 3.05) is 0 Å². The molecule has 1 N–H and O–H groups in total. The monoisotopic (exact) mass is 300 g/mol. The number of halogens is 1. The SMILES string of the molecule is CC(Cn1cnnc1)NCc1ccc(Br)s1. The van der Waals surface area contributed by atoms with Gasteiger partial charge in [0, 0.05) is 24.0 Å². The maximum Gasteiger partial charge on any atom is 0.119 e. The lowest BCUT2D eigenvalue weighted by Gasteiger charge is -2.12. The van der Waals surface area contributed by atoms with Crippen LogP contribution in [-0.4, -0.2) is 20.8 Å². The maximum atomic E-state index is 3.78. The number of aromatic nitrogens is 3. The minimum atomic E-state index is 0.400. The van der Waals surface area contributed by atoms with Crippen molar-refractivity contribution in [3.05, 3.63) is 33.5 Å². The summed E-state index contributed by atoms with van der Waals surface area (Å²) < 4.78 is 3.15. The van der Waals surface area contributed by atoms with E-state index in [1.54, 1.807) is 24.0 Å². The molecule has 2 rings (SSSR count). The van der Waals surface area contributed by atoms with Crippen LogP contribution in [0.3, 0.4) is 0 Å². The second kappa shape index (κ2) is 5.56. The van der Waals surface area contributed by atoms with Gasteiger partial charge in [0.15, 0.2) is 0 Å². The van der Waals surface area contributed by atoms with Crippen molar-refractivity contribution in [1.82, 2.24) is 20.1 Å². The molecule has 86 valence electrons. The Hall–Kier alpha value is -0.720. The highest BCUT2D eigenvalue weighted by atomic mass is 79.9. The van der Waals surface area contributed by atoms with Crippen LogP contribution in [0.5, 0.6) is 0 Å². The average molecular weight is 301 g/mol. The fourth-order valence-electron chi connectivity index (χ4n) is 1.42. The van der Waals surface area contributed by atoms with Gasteiger partial charge in [-0.1, -0.05) is 0 Å². The van der Waals surface area contributed by atoms with Crippen LogP contribution in [0, 0.1) is 0 Å². The summed E-state index contributed by atoms with van der Waals surface area (Å²) in [5.74, 6) is 0. The van der Waals surface area contributed by atoms with E-state index in [4.69, 9.17) is 0 Å². The molecular formula is C10H13BrN4S. The normalized spacial score (nSPS) is 12.9. The van der Waals surface area contributed by atoms with Gasteiger partial charge < -0.3 is 9.88 Å². The molecule has 0 aliphatic carbocycles. The van der Waals surface area contributed by atoms with E-state index in [-0.39, 0.29) is 0 Å². The number of thiophene rings is 1. The summed E-state index contributed by atoms with van der Waals surface area (Å²) in [5.41, 5.74) is 0. The highest BCUT2D eigenvalue weighted by molar-refractivity contribution is 9.11.